The summed E-state index contributed by atoms with van der Waals surface area (Å²) in [5.74, 6) is 2.22. The summed E-state index contributed by atoms with van der Waals surface area (Å²) in [5, 5.41) is 9.93. The Morgan fingerprint density at radius 2 is 1.52 bits per heavy atom. The maximum Gasteiger partial charge on any atom is 0.203 e. The number of hydrogen-bond acceptors (Lipinski definition) is 7. The molecule has 0 aromatic heterocycles. The molecule has 4 rings (SSSR count). The molecule has 7 nitrogen and oxygen atoms in total. The van der Waals surface area contributed by atoms with E-state index in [2.05, 4.69) is 0 Å². The van der Waals surface area contributed by atoms with Crippen LogP contribution in [0.25, 0.3) is 6.08 Å². The summed E-state index contributed by atoms with van der Waals surface area (Å²) in [7, 11) is 6.18. The Balaban J connectivity index is 1.88. The SMILES string of the molecule is COc1ccc(C2Oc3ccc(O)cc3C(=O)C2=Cc2cc(OC)c(OC)c(OC)c2)cc1. The van der Waals surface area contributed by atoms with Crippen LogP contribution in [0.15, 0.2) is 60.2 Å². The van der Waals surface area contributed by atoms with E-state index in [4.69, 9.17) is 23.7 Å². The van der Waals surface area contributed by atoms with Gasteiger partial charge in [-0.3, -0.25) is 4.79 Å². The summed E-state index contributed by atoms with van der Waals surface area (Å²) in [5.41, 5.74) is 2.13. The summed E-state index contributed by atoms with van der Waals surface area (Å²) in [6.07, 6.45) is 1.06. The number of fused-ring (bicyclic) bond motifs is 1. The number of benzene rings is 3. The molecule has 170 valence electrons. The van der Waals surface area contributed by atoms with Crippen molar-refractivity contribution in [2.75, 3.05) is 28.4 Å². The van der Waals surface area contributed by atoms with Crippen LogP contribution in [0, 0.1) is 0 Å². The van der Waals surface area contributed by atoms with Crippen molar-refractivity contribution in [2.24, 2.45) is 0 Å². The number of ketones is 1. The van der Waals surface area contributed by atoms with Crippen LogP contribution in [0.3, 0.4) is 0 Å². The highest BCUT2D eigenvalue weighted by molar-refractivity contribution is 6.15. The van der Waals surface area contributed by atoms with E-state index in [9.17, 15) is 9.90 Å². The van der Waals surface area contributed by atoms with Gasteiger partial charge in [-0.2, -0.15) is 0 Å². The van der Waals surface area contributed by atoms with Crippen LogP contribution in [0.5, 0.6) is 34.5 Å². The van der Waals surface area contributed by atoms with Gasteiger partial charge in [0.15, 0.2) is 23.4 Å². The number of ether oxygens (including phenoxy) is 5. The Labute approximate surface area is 191 Å². The highest BCUT2D eigenvalue weighted by Gasteiger charge is 2.33. The monoisotopic (exact) mass is 448 g/mol. The van der Waals surface area contributed by atoms with Crippen molar-refractivity contribution < 1.29 is 33.6 Å². The maximum absolute atomic E-state index is 13.5. The summed E-state index contributed by atoms with van der Waals surface area (Å²) < 4.78 is 27.8. The largest absolute Gasteiger partial charge is 0.508 e. The number of Topliss-reactive ketones (excluding diaryl/α,β-unsaturated/α-hetero) is 1. The molecule has 33 heavy (non-hydrogen) atoms. The lowest BCUT2D eigenvalue weighted by molar-refractivity contribution is 0.0963. The zero-order valence-corrected chi connectivity index (χ0v) is 18.7. The quantitative estimate of drug-likeness (QED) is 0.541. The van der Waals surface area contributed by atoms with E-state index in [1.807, 2.05) is 24.3 Å². The highest BCUT2D eigenvalue weighted by Crippen LogP contribution is 2.43. The van der Waals surface area contributed by atoms with Crippen molar-refractivity contribution in [3.05, 3.63) is 76.9 Å². The molecule has 3 aromatic carbocycles. The van der Waals surface area contributed by atoms with Gasteiger partial charge in [-0.1, -0.05) is 12.1 Å². The molecule has 1 heterocycles. The zero-order valence-electron chi connectivity index (χ0n) is 18.7. The first-order valence-corrected chi connectivity index (χ1v) is 10.2. The van der Waals surface area contributed by atoms with Gasteiger partial charge in [0.2, 0.25) is 5.75 Å². The van der Waals surface area contributed by atoms with Gasteiger partial charge >= 0.3 is 0 Å². The molecule has 0 saturated heterocycles. The van der Waals surface area contributed by atoms with E-state index in [1.165, 1.54) is 33.5 Å². The molecule has 0 fully saturated rings. The highest BCUT2D eigenvalue weighted by atomic mass is 16.5. The normalized spacial score (nSPS) is 16.1. The second-order valence-corrected chi connectivity index (χ2v) is 7.34. The molecule has 0 bridgehead atoms. The average molecular weight is 448 g/mol. The fraction of sp³-hybridized carbons (Fsp3) is 0.192. The molecule has 0 aliphatic carbocycles. The molecule has 0 saturated carbocycles. The van der Waals surface area contributed by atoms with Gasteiger partial charge in [0.05, 0.1) is 34.0 Å². The van der Waals surface area contributed by atoms with E-state index in [0.29, 0.717) is 45.4 Å². The lowest BCUT2D eigenvalue weighted by atomic mass is 9.89. The molecule has 1 aliphatic rings. The van der Waals surface area contributed by atoms with Crippen molar-refractivity contribution in [3.63, 3.8) is 0 Å². The predicted molar refractivity (Wildman–Crippen MR) is 123 cm³/mol. The van der Waals surface area contributed by atoms with Crippen LogP contribution >= 0.6 is 0 Å². The van der Waals surface area contributed by atoms with E-state index in [1.54, 1.807) is 31.4 Å². The molecule has 3 aromatic rings. The molecular weight excluding hydrogens is 424 g/mol. The van der Waals surface area contributed by atoms with Gasteiger partial charge in [0, 0.05) is 5.57 Å². The second-order valence-electron chi connectivity index (χ2n) is 7.34. The van der Waals surface area contributed by atoms with Crippen molar-refractivity contribution in [3.8, 4) is 34.5 Å². The van der Waals surface area contributed by atoms with Gasteiger partial charge < -0.3 is 28.8 Å². The lowest BCUT2D eigenvalue weighted by Crippen LogP contribution is -2.23. The number of rotatable bonds is 6. The Morgan fingerprint density at radius 1 is 0.848 bits per heavy atom. The first-order valence-electron chi connectivity index (χ1n) is 10.2. The van der Waals surface area contributed by atoms with E-state index in [0.717, 1.165) is 5.56 Å². The lowest BCUT2D eigenvalue weighted by Gasteiger charge is -2.28. The zero-order chi connectivity index (χ0) is 23.5. The molecular formula is C26H24O7. The van der Waals surface area contributed by atoms with Crippen LogP contribution in [-0.2, 0) is 0 Å². The Hall–Kier alpha value is -4.13. The number of carbonyl (C=O) groups is 1. The molecule has 7 heteroatoms. The number of carbonyl (C=O) groups excluding carboxylic acids is 1. The number of phenolic OH excluding ortho intramolecular Hbond substituents is 1. The Bertz CT molecular complexity index is 1190. The summed E-state index contributed by atoms with van der Waals surface area (Å²) in [4.78, 5) is 13.5. The molecule has 1 aliphatic heterocycles. The molecule has 1 unspecified atom stereocenters. The molecule has 1 N–H and O–H groups in total. The Kier molecular flexibility index (Phi) is 6.13. The number of hydrogen-bond donors (Lipinski definition) is 1. The minimum Gasteiger partial charge on any atom is -0.508 e. The fourth-order valence-corrected chi connectivity index (χ4v) is 3.79. The molecule has 0 radical (unpaired) electrons. The third kappa shape index (κ3) is 4.17. The van der Waals surface area contributed by atoms with Crippen LogP contribution in [0.1, 0.15) is 27.6 Å². The fourth-order valence-electron chi connectivity index (χ4n) is 3.79. The van der Waals surface area contributed by atoms with Crippen molar-refractivity contribution in [1.29, 1.82) is 0 Å². The van der Waals surface area contributed by atoms with E-state index in [-0.39, 0.29) is 11.5 Å². The van der Waals surface area contributed by atoms with Crippen LogP contribution in [0.2, 0.25) is 0 Å². The maximum atomic E-state index is 13.5. The second kappa shape index (κ2) is 9.16. The first kappa shape index (κ1) is 22.1. The average Bonchev–Trinajstić information content (AvgIpc) is 2.85. The summed E-state index contributed by atoms with van der Waals surface area (Å²) in [6, 6.07) is 15.3. The number of aromatic hydroxyl groups is 1. The van der Waals surface area contributed by atoms with Crippen molar-refractivity contribution in [2.45, 2.75) is 6.10 Å². The van der Waals surface area contributed by atoms with Crippen molar-refractivity contribution in [1.82, 2.24) is 0 Å². The third-order valence-corrected chi connectivity index (χ3v) is 5.43. The van der Waals surface area contributed by atoms with Crippen LogP contribution < -0.4 is 23.7 Å². The molecule has 0 amide bonds. The Morgan fingerprint density at radius 3 is 2.09 bits per heavy atom. The van der Waals surface area contributed by atoms with E-state index >= 15 is 0 Å². The standard InChI is InChI=1S/C26H24O7/c1-29-18-8-5-16(6-9-18)25-20(24(28)19-14-17(27)7-10-21(19)33-25)11-15-12-22(30-2)26(32-4)23(13-15)31-3/h5-14,25,27H,1-4H3. The van der Waals surface area contributed by atoms with E-state index < -0.39 is 6.10 Å². The minimum atomic E-state index is -0.667. The van der Waals surface area contributed by atoms with Gasteiger partial charge in [0.1, 0.15) is 17.2 Å². The van der Waals surface area contributed by atoms with Gasteiger partial charge in [-0.05, 0) is 59.7 Å². The summed E-state index contributed by atoms with van der Waals surface area (Å²) in [6.45, 7) is 0. The van der Waals surface area contributed by atoms with Crippen LogP contribution in [0.4, 0.5) is 0 Å². The number of methoxy groups -OCH3 is 4. The van der Waals surface area contributed by atoms with Crippen molar-refractivity contribution >= 4 is 11.9 Å². The van der Waals surface area contributed by atoms with Gasteiger partial charge in [-0.25, -0.2) is 0 Å². The number of phenols is 1. The van der Waals surface area contributed by atoms with Gasteiger partial charge in [0.25, 0.3) is 0 Å². The summed E-state index contributed by atoms with van der Waals surface area (Å²) >= 11 is 0. The molecule has 1 atom stereocenters. The molecule has 0 spiro atoms. The smallest absolute Gasteiger partial charge is 0.203 e. The van der Waals surface area contributed by atoms with Crippen LogP contribution in [-0.4, -0.2) is 39.3 Å². The predicted octanol–water partition coefficient (Wildman–Crippen LogP) is 4.83. The van der Waals surface area contributed by atoms with Gasteiger partial charge in [-0.15, -0.1) is 0 Å². The topological polar surface area (TPSA) is 83.5 Å². The third-order valence-electron chi connectivity index (χ3n) is 5.43. The first-order chi connectivity index (χ1) is 16.0. The minimum absolute atomic E-state index is 0.0132.